The quantitative estimate of drug-likeness (QED) is 0.387. The van der Waals surface area contributed by atoms with Crippen LogP contribution in [0.25, 0.3) is 21.5 Å². The fourth-order valence-electron chi connectivity index (χ4n) is 3.70. The summed E-state index contributed by atoms with van der Waals surface area (Å²) in [6, 6.07) is 22.9. The smallest absolute Gasteiger partial charge is 0.284 e. The molecule has 5 rings (SSSR count). The molecule has 6 heteroatoms. The number of phenols is 1. The highest BCUT2D eigenvalue weighted by atomic mass is 16.6. The van der Waals surface area contributed by atoms with Crippen molar-refractivity contribution in [1.82, 2.24) is 5.43 Å². The molecule has 0 aromatic heterocycles. The number of fused-ring (bicyclic) bond motifs is 3. The zero-order valence-electron chi connectivity index (χ0n) is 16.8. The maximum absolute atomic E-state index is 12.6. The van der Waals surface area contributed by atoms with E-state index in [0.29, 0.717) is 22.8 Å². The van der Waals surface area contributed by atoms with Gasteiger partial charge >= 0.3 is 0 Å². The molecule has 0 saturated heterocycles. The van der Waals surface area contributed by atoms with E-state index in [1.807, 2.05) is 66.7 Å². The number of hydrazone groups is 1. The van der Waals surface area contributed by atoms with Crippen LogP contribution in [0.4, 0.5) is 0 Å². The van der Waals surface area contributed by atoms with E-state index in [2.05, 4.69) is 10.5 Å². The Morgan fingerprint density at radius 2 is 1.65 bits per heavy atom. The highest BCUT2D eigenvalue weighted by Gasteiger charge is 2.28. The molecule has 0 radical (unpaired) electrons. The molecule has 1 heterocycles. The van der Waals surface area contributed by atoms with Gasteiger partial charge in [-0.15, -0.1) is 0 Å². The first-order valence-electron chi connectivity index (χ1n) is 9.97. The number of phenolic OH excluding ortho intramolecular Hbond substituents is 1. The first-order valence-corrected chi connectivity index (χ1v) is 9.97. The van der Waals surface area contributed by atoms with Gasteiger partial charge in [0.2, 0.25) is 6.10 Å². The van der Waals surface area contributed by atoms with E-state index in [1.54, 1.807) is 13.0 Å². The normalized spacial score (nSPS) is 15.8. The lowest BCUT2D eigenvalue weighted by molar-refractivity contribution is -0.130. The van der Waals surface area contributed by atoms with Crippen molar-refractivity contribution in [3.8, 4) is 17.2 Å². The number of hydrogen-bond acceptors (Lipinski definition) is 5. The van der Waals surface area contributed by atoms with Gasteiger partial charge in [-0.1, -0.05) is 54.6 Å². The number of nitrogens with one attached hydrogen (secondary N) is 1. The molecule has 154 valence electrons. The number of nitrogens with zero attached hydrogens (tertiary/aromatic N) is 1. The van der Waals surface area contributed by atoms with E-state index < -0.39 is 12.0 Å². The Balaban J connectivity index is 1.33. The molecule has 0 spiro atoms. The Morgan fingerprint density at radius 3 is 2.42 bits per heavy atom. The first kappa shape index (κ1) is 18.9. The molecule has 1 aliphatic heterocycles. The summed E-state index contributed by atoms with van der Waals surface area (Å²) in [7, 11) is 0. The van der Waals surface area contributed by atoms with Crippen molar-refractivity contribution in [2.75, 3.05) is 6.61 Å². The first-order chi connectivity index (χ1) is 15.1. The van der Waals surface area contributed by atoms with Crippen molar-refractivity contribution in [2.45, 2.75) is 13.0 Å². The fraction of sp³-hybridized carbons (Fsp3) is 0.120. The molecule has 0 unspecified atom stereocenters. The Kier molecular flexibility index (Phi) is 4.67. The van der Waals surface area contributed by atoms with Gasteiger partial charge in [0.1, 0.15) is 12.4 Å². The van der Waals surface area contributed by atoms with Crippen LogP contribution < -0.4 is 14.9 Å². The Hall–Kier alpha value is -4.06. The Bertz CT molecular complexity index is 1350. The summed E-state index contributed by atoms with van der Waals surface area (Å²) in [4.78, 5) is 12.6. The third-order valence-electron chi connectivity index (χ3n) is 5.39. The molecular weight excluding hydrogens is 392 g/mol. The molecule has 1 aliphatic rings. The average molecular weight is 412 g/mol. The van der Waals surface area contributed by atoms with Gasteiger partial charge in [-0.3, -0.25) is 4.79 Å². The van der Waals surface area contributed by atoms with Gasteiger partial charge in [0.15, 0.2) is 11.5 Å². The third-order valence-corrected chi connectivity index (χ3v) is 5.39. The lowest BCUT2D eigenvalue weighted by atomic mass is 10.0. The van der Waals surface area contributed by atoms with E-state index >= 15 is 0 Å². The zero-order chi connectivity index (χ0) is 21.4. The standard InChI is InChI=1S/C25H20N2O4/c1-15(19-11-10-16-6-4-5-9-20(16)24(19)28)26-27-25(29)23-14-30-21-12-17-7-2-3-8-18(17)13-22(21)31-23/h2-13,23,28H,14H2,1H3,(H,27,29)/b26-15+/t23-/m0/s1. The van der Waals surface area contributed by atoms with Gasteiger partial charge in [0.25, 0.3) is 5.91 Å². The van der Waals surface area contributed by atoms with Gasteiger partial charge in [-0.2, -0.15) is 5.10 Å². The highest BCUT2D eigenvalue weighted by Crippen LogP contribution is 2.36. The predicted molar refractivity (Wildman–Crippen MR) is 120 cm³/mol. The van der Waals surface area contributed by atoms with Gasteiger partial charge in [-0.25, -0.2) is 5.43 Å². The molecule has 4 aromatic rings. The van der Waals surface area contributed by atoms with Gasteiger partial charge < -0.3 is 14.6 Å². The second-order valence-electron chi connectivity index (χ2n) is 7.42. The van der Waals surface area contributed by atoms with Crippen molar-refractivity contribution in [3.05, 3.63) is 78.4 Å². The number of ether oxygens (including phenoxy) is 2. The van der Waals surface area contributed by atoms with Crippen molar-refractivity contribution in [2.24, 2.45) is 5.10 Å². The van der Waals surface area contributed by atoms with Crippen molar-refractivity contribution >= 4 is 33.2 Å². The van der Waals surface area contributed by atoms with Crippen molar-refractivity contribution in [1.29, 1.82) is 0 Å². The fourth-order valence-corrected chi connectivity index (χ4v) is 3.70. The van der Waals surface area contributed by atoms with Crippen LogP contribution >= 0.6 is 0 Å². The Morgan fingerprint density at radius 1 is 0.968 bits per heavy atom. The largest absolute Gasteiger partial charge is 0.507 e. The summed E-state index contributed by atoms with van der Waals surface area (Å²) in [5.74, 6) is 0.853. The van der Waals surface area contributed by atoms with Crippen LogP contribution in [0.5, 0.6) is 17.2 Å². The number of aromatic hydroxyl groups is 1. The lowest BCUT2D eigenvalue weighted by Gasteiger charge is -2.25. The number of hydrogen-bond donors (Lipinski definition) is 2. The SMILES string of the molecule is C/C(=N\NC(=O)[C@@H]1COc2cc3ccccc3cc2O1)c1ccc2ccccc2c1O. The highest BCUT2D eigenvalue weighted by molar-refractivity contribution is 6.06. The molecule has 4 aromatic carbocycles. The maximum Gasteiger partial charge on any atom is 0.284 e. The number of rotatable bonds is 3. The number of amides is 1. The molecule has 1 amide bonds. The van der Waals surface area contributed by atoms with E-state index in [-0.39, 0.29) is 12.4 Å². The summed E-state index contributed by atoms with van der Waals surface area (Å²) in [6.45, 7) is 1.82. The van der Waals surface area contributed by atoms with E-state index in [0.717, 1.165) is 21.5 Å². The second kappa shape index (κ2) is 7.65. The summed E-state index contributed by atoms with van der Waals surface area (Å²) in [5.41, 5.74) is 3.57. The minimum atomic E-state index is -0.824. The Labute approximate surface area is 178 Å². The number of benzene rings is 4. The number of carbonyl (C=O) groups excluding carboxylic acids is 1. The third kappa shape index (κ3) is 3.53. The maximum atomic E-state index is 12.6. The van der Waals surface area contributed by atoms with Crippen molar-refractivity contribution in [3.63, 3.8) is 0 Å². The topological polar surface area (TPSA) is 80.2 Å². The molecule has 0 fully saturated rings. The number of carbonyl (C=O) groups is 1. The zero-order valence-corrected chi connectivity index (χ0v) is 16.8. The van der Waals surface area contributed by atoms with Gasteiger partial charge in [0.05, 0.1) is 5.71 Å². The molecule has 0 aliphatic carbocycles. The van der Waals surface area contributed by atoms with Crippen molar-refractivity contribution < 1.29 is 19.4 Å². The molecule has 2 N–H and O–H groups in total. The molecule has 31 heavy (non-hydrogen) atoms. The molecule has 1 atom stereocenters. The van der Waals surface area contributed by atoms with Crippen LogP contribution in [-0.2, 0) is 4.79 Å². The van der Waals surface area contributed by atoms with Crippen LogP contribution in [0, 0.1) is 0 Å². The van der Waals surface area contributed by atoms with Gasteiger partial charge in [0, 0.05) is 10.9 Å². The monoisotopic (exact) mass is 412 g/mol. The predicted octanol–water partition coefficient (Wildman–Crippen LogP) is 4.38. The van der Waals surface area contributed by atoms with E-state index in [1.165, 1.54) is 0 Å². The summed E-state index contributed by atoms with van der Waals surface area (Å²) >= 11 is 0. The second-order valence-corrected chi connectivity index (χ2v) is 7.42. The molecule has 0 saturated carbocycles. The molecule has 6 nitrogen and oxygen atoms in total. The molecular formula is C25H20N2O4. The summed E-state index contributed by atoms with van der Waals surface area (Å²) in [5, 5.41) is 18.5. The van der Waals surface area contributed by atoms with Crippen LogP contribution in [0.1, 0.15) is 12.5 Å². The lowest BCUT2D eigenvalue weighted by Crippen LogP contribution is -2.42. The molecule has 0 bridgehead atoms. The van der Waals surface area contributed by atoms with E-state index in [4.69, 9.17) is 9.47 Å². The van der Waals surface area contributed by atoms with Crippen LogP contribution in [0.3, 0.4) is 0 Å². The van der Waals surface area contributed by atoms with Crippen LogP contribution in [0.15, 0.2) is 77.9 Å². The average Bonchev–Trinajstić information content (AvgIpc) is 2.81. The summed E-state index contributed by atoms with van der Waals surface area (Å²) in [6.07, 6.45) is -0.824. The van der Waals surface area contributed by atoms with Gasteiger partial charge in [-0.05, 0) is 41.3 Å². The van der Waals surface area contributed by atoms with Crippen LogP contribution in [0.2, 0.25) is 0 Å². The summed E-state index contributed by atoms with van der Waals surface area (Å²) < 4.78 is 11.6. The van der Waals surface area contributed by atoms with Crippen LogP contribution in [-0.4, -0.2) is 29.4 Å². The minimum absolute atomic E-state index is 0.0902. The minimum Gasteiger partial charge on any atom is -0.507 e. The van der Waals surface area contributed by atoms with E-state index in [9.17, 15) is 9.90 Å².